The van der Waals surface area contributed by atoms with Crippen LogP contribution in [0, 0.1) is 0 Å². The van der Waals surface area contributed by atoms with E-state index in [0.717, 1.165) is 18.6 Å². The van der Waals surface area contributed by atoms with Crippen LogP contribution in [0.3, 0.4) is 0 Å². The van der Waals surface area contributed by atoms with E-state index in [1.165, 1.54) is 6.07 Å². The summed E-state index contributed by atoms with van der Waals surface area (Å²) < 4.78 is 10.3. The Balaban J connectivity index is 1.55. The van der Waals surface area contributed by atoms with Gasteiger partial charge in [0.15, 0.2) is 5.69 Å². The zero-order valence-corrected chi connectivity index (χ0v) is 11.9. The van der Waals surface area contributed by atoms with E-state index in [1.807, 2.05) is 0 Å². The number of carboxylic acids is 1. The molecule has 1 amide bonds. The van der Waals surface area contributed by atoms with Gasteiger partial charge in [0, 0.05) is 23.1 Å². The molecule has 2 N–H and O–H groups in total. The molecule has 116 valence electrons. The molecule has 0 spiro atoms. The number of carbonyl (C=O) groups is 2. The zero-order chi connectivity index (χ0) is 16.0. The Kier molecular flexibility index (Phi) is 2.94. The first-order valence-corrected chi connectivity index (χ1v) is 7.15. The molecule has 0 unspecified atom stereocenters. The van der Waals surface area contributed by atoms with Crippen LogP contribution in [-0.2, 0) is 0 Å². The Morgan fingerprint density at radius 2 is 2.04 bits per heavy atom. The molecular formula is C16H12N2O5. The van der Waals surface area contributed by atoms with Gasteiger partial charge in [-0.3, -0.25) is 4.79 Å². The average molecular weight is 312 g/mol. The maximum atomic E-state index is 12.2. The summed E-state index contributed by atoms with van der Waals surface area (Å²) in [7, 11) is 0. The first-order chi connectivity index (χ1) is 11.1. The number of aromatic nitrogens is 1. The summed E-state index contributed by atoms with van der Waals surface area (Å²) in [6.45, 7) is 0. The number of hydrogen-bond donors (Lipinski definition) is 2. The summed E-state index contributed by atoms with van der Waals surface area (Å²) in [6.07, 6.45) is 2.14. The number of amides is 1. The zero-order valence-electron chi connectivity index (χ0n) is 11.9. The summed E-state index contributed by atoms with van der Waals surface area (Å²) >= 11 is 0. The molecule has 0 saturated heterocycles. The SMILES string of the molecule is O=C(Nc1ccc2oc(C(=O)O)cc2c1)c1cc(C2CC2)on1. The minimum atomic E-state index is -1.14. The number of rotatable bonds is 4. The molecule has 7 heteroatoms. The van der Waals surface area contributed by atoms with Crippen molar-refractivity contribution in [3.63, 3.8) is 0 Å². The molecule has 0 aliphatic heterocycles. The molecule has 2 heterocycles. The molecule has 4 rings (SSSR count). The highest BCUT2D eigenvalue weighted by molar-refractivity contribution is 6.04. The Morgan fingerprint density at radius 1 is 1.22 bits per heavy atom. The molecule has 2 aromatic heterocycles. The van der Waals surface area contributed by atoms with Crippen molar-refractivity contribution >= 4 is 28.5 Å². The van der Waals surface area contributed by atoms with Gasteiger partial charge in [0.1, 0.15) is 11.3 Å². The molecule has 7 nitrogen and oxygen atoms in total. The van der Waals surface area contributed by atoms with Gasteiger partial charge in [-0.05, 0) is 37.1 Å². The van der Waals surface area contributed by atoms with Crippen molar-refractivity contribution in [3.05, 3.63) is 47.5 Å². The first kappa shape index (κ1) is 13.6. The van der Waals surface area contributed by atoms with E-state index in [4.69, 9.17) is 14.0 Å². The summed E-state index contributed by atoms with van der Waals surface area (Å²) in [5, 5.41) is 16.0. The van der Waals surface area contributed by atoms with Gasteiger partial charge < -0.3 is 19.4 Å². The quantitative estimate of drug-likeness (QED) is 0.766. The maximum Gasteiger partial charge on any atom is 0.371 e. The van der Waals surface area contributed by atoms with Crippen molar-refractivity contribution in [1.82, 2.24) is 5.16 Å². The van der Waals surface area contributed by atoms with Crippen LogP contribution in [0.2, 0.25) is 0 Å². The third kappa shape index (κ3) is 2.57. The van der Waals surface area contributed by atoms with Crippen LogP contribution in [0.15, 0.2) is 39.3 Å². The van der Waals surface area contributed by atoms with E-state index in [1.54, 1.807) is 24.3 Å². The van der Waals surface area contributed by atoms with Gasteiger partial charge in [0.25, 0.3) is 5.91 Å². The molecule has 1 aliphatic rings. The molecule has 3 aromatic rings. The molecule has 23 heavy (non-hydrogen) atoms. The largest absolute Gasteiger partial charge is 0.475 e. The number of hydrogen-bond acceptors (Lipinski definition) is 5. The minimum absolute atomic E-state index is 0.144. The number of aromatic carboxylic acids is 1. The first-order valence-electron chi connectivity index (χ1n) is 7.15. The highest BCUT2D eigenvalue weighted by Crippen LogP contribution is 2.40. The van der Waals surface area contributed by atoms with Crippen LogP contribution >= 0.6 is 0 Å². The predicted molar refractivity (Wildman–Crippen MR) is 79.6 cm³/mol. The van der Waals surface area contributed by atoms with Gasteiger partial charge in [-0.2, -0.15) is 0 Å². The Labute approximate surface area is 129 Å². The third-order valence-electron chi connectivity index (χ3n) is 3.73. The lowest BCUT2D eigenvalue weighted by Gasteiger charge is -2.02. The van der Waals surface area contributed by atoms with Crippen LogP contribution in [0.25, 0.3) is 11.0 Å². The number of benzene rings is 1. The van der Waals surface area contributed by atoms with E-state index < -0.39 is 5.97 Å². The Bertz CT molecular complexity index is 920. The fourth-order valence-electron chi connectivity index (χ4n) is 2.38. The predicted octanol–water partition coefficient (Wildman–Crippen LogP) is 3.25. The van der Waals surface area contributed by atoms with E-state index in [-0.39, 0.29) is 17.4 Å². The van der Waals surface area contributed by atoms with Crippen molar-refractivity contribution in [2.75, 3.05) is 5.32 Å². The maximum absolute atomic E-state index is 12.2. The van der Waals surface area contributed by atoms with Crippen LogP contribution in [0.4, 0.5) is 5.69 Å². The van der Waals surface area contributed by atoms with Crippen LogP contribution in [0.1, 0.15) is 45.6 Å². The van der Waals surface area contributed by atoms with Crippen molar-refractivity contribution < 1.29 is 23.6 Å². The number of anilines is 1. The van der Waals surface area contributed by atoms with E-state index in [2.05, 4.69) is 10.5 Å². The van der Waals surface area contributed by atoms with Crippen molar-refractivity contribution in [2.45, 2.75) is 18.8 Å². The van der Waals surface area contributed by atoms with Gasteiger partial charge in [0.2, 0.25) is 5.76 Å². The molecule has 0 radical (unpaired) electrons. The minimum Gasteiger partial charge on any atom is -0.475 e. The fourth-order valence-corrected chi connectivity index (χ4v) is 2.38. The molecule has 1 fully saturated rings. The van der Waals surface area contributed by atoms with Crippen LogP contribution < -0.4 is 5.32 Å². The average Bonchev–Trinajstić information content (AvgIpc) is 3.10. The topological polar surface area (TPSA) is 106 Å². The van der Waals surface area contributed by atoms with Crippen LogP contribution in [-0.4, -0.2) is 22.1 Å². The van der Waals surface area contributed by atoms with E-state index in [0.29, 0.717) is 22.6 Å². The summed E-state index contributed by atoms with van der Waals surface area (Å²) in [6, 6.07) is 7.96. The number of carbonyl (C=O) groups excluding carboxylic acids is 1. The Morgan fingerprint density at radius 3 is 2.78 bits per heavy atom. The van der Waals surface area contributed by atoms with Crippen molar-refractivity contribution in [1.29, 1.82) is 0 Å². The number of nitrogens with zero attached hydrogens (tertiary/aromatic N) is 1. The number of nitrogens with one attached hydrogen (secondary N) is 1. The number of furan rings is 1. The summed E-state index contributed by atoms with van der Waals surface area (Å²) in [5.41, 5.74) is 1.19. The molecule has 1 aliphatic carbocycles. The lowest BCUT2D eigenvalue weighted by Crippen LogP contribution is -2.11. The normalized spacial score (nSPS) is 14.1. The monoisotopic (exact) mass is 312 g/mol. The molecule has 0 atom stereocenters. The van der Waals surface area contributed by atoms with Crippen molar-refractivity contribution in [2.24, 2.45) is 0 Å². The summed E-state index contributed by atoms with van der Waals surface area (Å²) in [5.74, 6) is -0.523. The van der Waals surface area contributed by atoms with E-state index >= 15 is 0 Å². The fraction of sp³-hybridized carbons (Fsp3) is 0.188. The second-order valence-electron chi connectivity index (χ2n) is 5.51. The highest BCUT2D eigenvalue weighted by atomic mass is 16.5. The number of carboxylic acid groups (broad SMARTS) is 1. The Hall–Kier alpha value is -3.09. The van der Waals surface area contributed by atoms with Gasteiger partial charge in [0.05, 0.1) is 0 Å². The highest BCUT2D eigenvalue weighted by Gasteiger charge is 2.28. The van der Waals surface area contributed by atoms with Crippen LogP contribution in [0.5, 0.6) is 0 Å². The second kappa shape index (κ2) is 4.98. The standard InChI is InChI=1S/C16H12N2O5/c19-15(11-7-13(23-18-11)8-1-2-8)17-10-3-4-12-9(5-10)6-14(22-12)16(20)21/h3-8H,1-2H2,(H,17,19)(H,20,21). The van der Waals surface area contributed by atoms with Gasteiger partial charge in [-0.25, -0.2) is 4.79 Å². The second-order valence-corrected chi connectivity index (χ2v) is 5.51. The molecule has 0 bridgehead atoms. The molecule has 1 aromatic carbocycles. The third-order valence-corrected chi connectivity index (χ3v) is 3.73. The molecular weight excluding hydrogens is 300 g/mol. The lowest BCUT2D eigenvalue weighted by molar-refractivity contribution is 0.0665. The van der Waals surface area contributed by atoms with Gasteiger partial charge >= 0.3 is 5.97 Å². The lowest BCUT2D eigenvalue weighted by atomic mass is 10.2. The molecule has 1 saturated carbocycles. The smallest absolute Gasteiger partial charge is 0.371 e. The van der Waals surface area contributed by atoms with E-state index in [9.17, 15) is 9.59 Å². The van der Waals surface area contributed by atoms with Gasteiger partial charge in [-0.15, -0.1) is 0 Å². The summed E-state index contributed by atoms with van der Waals surface area (Å²) in [4.78, 5) is 23.1. The van der Waals surface area contributed by atoms with Gasteiger partial charge in [-0.1, -0.05) is 5.16 Å². The number of fused-ring (bicyclic) bond motifs is 1. The van der Waals surface area contributed by atoms with Crippen molar-refractivity contribution in [3.8, 4) is 0 Å².